The first-order valence-corrected chi connectivity index (χ1v) is 26.3. The molecule has 0 amide bonds. The molecule has 0 rings (SSSR count). The van der Waals surface area contributed by atoms with Crippen LogP contribution in [0.15, 0.2) is 0 Å². The number of carbonyl (C=O) groups is 3. The van der Waals surface area contributed by atoms with E-state index >= 15 is 0 Å². The largest absolute Gasteiger partial charge is 0.462 e. The fourth-order valence-corrected chi connectivity index (χ4v) is 7.93. The van der Waals surface area contributed by atoms with Gasteiger partial charge >= 0.3 is 17.9 Å². The summed E-state index contributed by atoms with van der Waals surface area (Å²) in [5, 5.41) is 0. The number of rotatable bonds is 47. The van der Waals surface area contributed by atoms with Gasteiger partial charge in [0.1, 0.15) is 13.2 Å². The van der Waals surface area contributed by atoms with Crippen LogP contribution in [0.25, 0.3) is 0 Å². The van der Waals surface area contributed by atoms with Crippen LogP contribution in [-0.4, -0.2) is 37.2 Å². The predicted octanol–water partition coefficient (Wildman–Crippen LogP) is 16.9. The molecule has 0 bridgehead atoms. The van der Waals surface area contributed by atoms with Gasteiger partial charge in [0.15, 0.2) is 6.10 Å². The normalized spacial score (nSPS) is 13.0. The lowest BCUT2D eigenvalue weighted by Gasteiger charge is -2.18. The molecular formula is C53H102O6. The number of unbranched alkanes of at least 4 members (excludes halogenated alkanes) is 30. The van der Waals surface area contributed by atoms with Crippen LogP contribution in [-0.2, 0) is 28.6 Å². The Kier molecular flexibility index (Phi) is 44.7. The molecule has 2 unspecified atom stereocenters. The van der Waals surface area contributed by atoms with Gasteiger partial charge in [0.25, 0.3) is 0 Å². The average Bonchev–Trinajstić information content (AvgIpc) is 3.23. The van der Waals surface area contributed by atoms with Gasteiger partial charge in [-0.2, -0.15) is 0 Å². The number of hydrogen-bond donors (Lipinski definition) is 0. The molecule has 350 valence electrons. The van der Waals surface area contributed by atoms with E-state index < -0.39 is 6.10 Å². The zero-order chi connectivity index (χ0) is 43.3. The SMILES string of the molecule is CCCCCCCCCCCCCCCCCCCCCC(=O)OC[C@@H](COC(=O)CCCCCCCCC(C)CC)OC(=O)CCCCCCCCCCC(C)CC. The van der Waals surface area contributed by atoms with E-state index in [2.05, 4.69) is 34.6 Å². The number of ether oxygens (including phenoxy) is 3. The summed E-state index contributed by atoms with van der Waals surface area (Å²) >= 11 is 0. The van der Waals surface area contributed by atoms with E-state index in [9.17, 15) is 14.4 Å². The molecule has 0 spiro atoms. The second-order valence-corrected chi connectivity index (χ2v) is 18.6. The van der Waals surface area contributed by atoms with Crippen LogP contribution < -0.4 is 0 Å². The Balaban J connectivity index is 4.25. The Hall–Kier alpha value is -1.59. The highest BCUT2D eigenvalue weighted by molar-refractivity contribution is 5.71. The molecule has 0 saturated heterocycles. The molecule has 0 aromatic heterocycles. The average molecular weight is 835 g/mol. The third-order valence-electron chi connectivity index (χ3n) is 12.7. The van der Waals surface area contributed by atoms with Gasteiger partial charge in [0.2, 0.25) is 0 Å². The summed E-state index contributed by atoms with van der Waals surface area (Å²) in [6.45, 7) is 11.4. The van der Waals surface area contributed by atoms with E-state index in [1.165, 1.54) is 180 Å². The van der Waals surface area contributed by atoms with Crippen molar-refractivity contribution >= 4 is 17.9 Å². The molecule has 6 nitrogen and oxygen atoms in total. The Bertz CT molecular complexity index is 904. The zero-order valence-corrected chi connectivity index (χ0v) is 40.4. The van der Waals surface area contributed by atoms with Crippen LogP contribution in [0, 0.1) is 11.8 Å². The molecule has 0 aliphatic carbocycles. The summed E-state index contributed by atoms with van der Waals surface area (Å²) < 4.78 is 16.8. The van der Waals surface area contributed by atoms with Crippen molar-refractivity contribution in [3.05, 3.63) is 0 Å². The van der Waals surface area contributed by atoms with E-state index in [4.69, 9.17) is 14.2 Å². The lowest BCUT2D eigenvalue weighted by Crippen LogP contribution is -2.30. The molecule has 0 saturated carbocycles. The standard InChI is InChI=1S/C53H102O6/c1-6-9-10-11-12-13-14-15-16-17-18-19-20-21-22-23-27-33-38-43-51(54)57-46-50(47-58-52(55)44-39-34-30-29-32-37-42-49(5)8-3)59-53(56)45-40-35-28-25-24-26-31-36-41-48(4)7-2/h48-50H,6-47H2,1-5H3/t48?,49?,50-/m0/s1. The summed E-state index contributed by atoms with van der Waals surface area (Å²) in [5.41, 5.74) is 0. The minimum Gasteiger partial charge on any atom is -0.462 e. The van der Waals surface area contributed by atoms with Gasteiger partial charge in [0.05, 0.1) is 0 Å². The van der Waals surface area contributed by atoms with Gasteiger partial charge in [-0.3, -0.25) is 14.4 Å². The molecule has 6 heteroatoms. The number of hydrogen-bond acceptors (Lipinski definition) is 6. The minimum absolute atomic E-state index is 0.0648. The van der Waals surface area contributed by atoms with E-state index in [-0.39, 0.29) is 31.1 Å². The van der Waals surface area contributed by atoms with Gasteiger partial charge in [-0.25, -0.2) is 0 Å². The first-order chi connectivity index (χ1) is 28.8. The third-order valence-corrected chi connectivity index (χ3v) is 12.7. The van der Waals surface area contributed by atoms with E-state index in [1.54, 1.807) is 0 Å². The van der Waals surface area contributed by atoms with Crippen molar-refractivity contribution in [2.24, 2.45) is 11.8 Å². The maximum atomic E-state index is 12.8. The molecule has 0 aromatic rings. The Labute approximate surface area is 368 Å². The zero-order valence-electron chi connectivity index (χ0n) is 40.4. The van der Waals surface area contributed by atoms with Crippen LogP contribution in [0.4, 0.5) is 0 Å². The van der Waals surface area contributed by atoms with Crippen molar-refractivity contribution in [2.45, 2.75) is 298 Å². The van der Waals surface area contributed by atoms with Gasteiger partial charge in [-0.15, -0.1) is 0 Å². The summed E-state index contributed by atoms with van der Waals surface area (Å²) in [7, 11) is 0. The van der Waals surface area contributed by atoms with Crippen LogP contribution >= 0.6 is 0 Å². The topological polar surface area (TPSA) is 78.9 Å². The molecule has 3 atom stereocenters. The summed E-state index contributed by atoms with van der Waals surface area (Å²) in [5.74, 6) is 0.805. The third kappa shape index (κ3) is 44.3. The molecule has 0 aliphatic heterocycles. The predicted molar refractivity (Wildman–Crippen MR) is 252 cm³/mol. The highest BCUT2D eigenvalue weighted by Crippen LogP contribution is 2.18. The van der Waals surface area contributed by atoms with Crippen molar-refractivity contribution in [1.82, 2.24) is 0 Å². The maximum absolute atomic E-state index is 12.8. The van der Waals surface area contributed by atoms with Crippen molar-refractivity contribution in [3.63, 3.8) is 0 Å². The minimum atomic E-state index is -0.763. The fourth-order valence-electron chi connectivity index (χ4n) is 7.93. The van der Waals surface area contributed by atoms with E-state index in [1.807, 2.05) is 0 Å². The van der Waals surface area contributed by atoms with E-state index in [0.29, 0.717) is 19.3 Å². The molecule has 0 aromatic carbocycles. The van der Waals surface area contributed by atoms with Crippen LogP contribution in [0.1, 0.15) is 291 Å². The fraction of sp³-hybridized carbons (Fsp3) is 0.943. The Morgan fingerprint density at radius 1 is 0.339 bits per heavy atom. The monoisotopic (exact) mass is 835 g/mol. The van der Waals surface area contributed by atoms with Gasteiger partial charge in [-0.05, 0) is 31.1 Å². The molecule has 59 heavy (non-hydrogen) atoms. The quantitative estimate of drug-likeness (QED) is 0.0345. The van der Waals surface area contributed by atoms with Gasteiger partial charge in [0, 0.05) is 19.3 Å². The first kappa shape index (κ1) is 57.4. The number of esters is 3. The second-order valence-electron chi connectivity index (χ2n) is 18.6. The second kappa shape index (κ2) is 45.9. The maximum Gasteiger partial charge on any atom is 0.306 e. The van der Waals surface area contributed by atoms with Gasteiger partial charge in [-0.1, -0.05) is 253 Å². The highest BCUT2D eigenvalue weighted by Gasteiger charge is 2.19. The van der Waals surface area contributed by atoms with Crippen molar-refractivity contribution < 1.29 is 28.6 Å². The Morgan fingerprint density at radius 2 is 0.593 bits per heavy atom. The van der Waals surface area contributed by atoms with Crippen molar-refractivity contribution in [1.29, 1.82) is 0 Å². The smallest absolute Gasteiger partial charge is 0.306 e. The summed E-state index contributed by atoms with van der Waals surface area (Å²) in [4.78, 5) is 37.9. The molecule has 0 radical (unpaired) electrons. The van der Waals surface area contributed by atoms with Crippen LogP contribution in [0.5, 0.6) is 0 Å². The highest BCUT2D eigenvalue weighted by atomic mass is 16.6. The van der Waals surface area contributed by atoms with Gasteiger partial charge < -0.3 is 14.2 Å². The lowest BCUT2D eigenvalue weighted by molar-refractivity contribution is -0.167. The molecule has 0 N–H and O–H groups in total. The first-order valence-electron chi connectivity index (χ1n) is 26.3. The molecular weight excluding hydrogens is 733 g/mol. The molecule has 0 aliphatic rings. The van der Waals surface area contributed by atoms with E-state index in [0.717, 1.165) is 69.6 Å². The van der Waals surface area contributed by atoms with Crippen LogP contribution in [0.3, 0.4) is 0 Å². The lowest BCUT2D eigenvalue weighted by atomic mass is 9.99. The summed E-state index contributed by atoms with van der Waals surface area (Å²) in [6.07, 6.45) is 46.7. The number of carbonyl (C=O) groups excluding carboxylic acids is 3. The Morgan fingerprint density at radius 3 is 0.881 bits per heavy atom. The van der Waals surface area contributed by atoms with Crippen molar-refractivity contribution in [2.75, 3.05) is 13.2 Å². The van der Waals surface area contributed by atoms with Crippen LogP contribution in [0.2, 0.25) is 0 Å². The molecule has 0 fully saturated rings. The molecule has 0 heterocycles. The van der Waals surface area contributed by atoms with Crippen molar-refractivity contribution in [3.8, 4) is 0 Å². The summed E-state index contributed by atoms with van der Waals surface area (Å²) in [6, 6.07) is 0.